The van der Waals surface area contributed by atoms with Crippen molar-refractivity contribution in [1.29, 1.82) is 0 Å². The predicted octanol–water partition coefficient (Wildman–Crippen LogP) is 3.96. The summed E-state index contributed by atoms with van der Waals surface area (Å²) in [7, 11) is 0. The first-order valence-corrected chi connectivity index (χ1v) is 8.20. The van der Waals surface area contributed by atoms with Gasteiger partial charge in [0, 0.05) is 22.2 Å². The van der Waals surface area contributed by atoms with Gasteiger partial charge in [-0.3, -0.25) is 9.59 Å². The molecule has 0 saturated heterocycles. The molecule has 0 saturated carbocycles. The average Bonchev–Trinajstić information content (AvgIpc) is 3.01. The van der Waals surface area contributed by atoms with Crippen molar-refractivity contribution in [3.05, 3.63) is 71.4 Å². The summed E-state index contributed by atoms with van der Waals surface area (Å²) in [6.07, 6.45) is 0.756. The molecule has 24 heavy (non-hydrogen) atoms. The maximum absolute atomic E-state index is 12.9. The number of hydrogen-bond acceptors (Lipinski definition) is 2. The second-order valence-corrected chi connectivity index (χ2v) is 6.11. The van der Waals surface area contributed by atoms with Crippen molar-refractivity contribution in [3.63, 3.8) is 0 Å². The number of carbonyl (C=O) groups excluding carboxylic acids is 2. The van der Waals surface area contributed by atoms with Gasteiger partial charge in [-0.1, -0.05) is 43.3 Å². The van der Waals surface area contributed by atoms with Gasteiger partial charge in [0.1, 0.15) is 0 Å². The van der Waals surface area contributed by atoms with Crippen LogP contribution in [-0.4, -0.2) is 28.1 Å². The number of benzene rings is 2. The average molecular weight is 318 g/mol. The SMILES string of the molecule is CCC1c2[nH]c3ccccc3c2C(=O)CN1C(=O)c1ccccc1. The quantitative estimate of drug-likeness (QED) is 0.777. The van der Waals surface area contributed by atoms with E-state index in [1.807, 2.05) is 49.4 Å². The van der Waals surface area contributed by atoms with E-state index in [-0.39, 0.29) is 24.3 Å². The fourth-order valence-electron chi connectivity index (χ4n) is 3.60. The molecule has 2 heterocycles. The Balaban J connectivity index is 1.82. The minimum atomic E-state index is -0.113. The number of nitrogens with zero attached hydrogens (tertiary/aromatic N) is 1. The zero-order valence-electron chi connectivity index (χ0n) is 13.5. The molecule has 4 heteroatoms. The molecular weight excluding hydrogens is 300 g/mol. The standard InChI is InChI=1S/C20H18N2O2/c1-2-16-19-18(14-10-6-7-11-15(14)21-19)17(23)12-22(16)20(24)13-8-4-3-5-9-13/h3-11,16,21H,2,12H2,1H3. The molecule has 1 aromatic heterocycles. The van der Waals surface area contributed by atoms with Crippen molar-refractivity contribution < 1.29 is 9.59 Å². The molecule has 1 aliphatic heterocycles. The zero-order valence-corrected chi connectivity index (χ0v) is 13.5. The third-order valence-electron chi connectivity index (χ3n) is 4.71. The van der Waals surface area contributed by atoms with Crippen LogP contribution in [-0.2, 0) is 0 Å². The minimum Gasteiger partial charge on any atom is -0.356 e. The number of H-pyrrole nitrogens is 1. The third kappa shape index (κ3) is 2.14. The van der Waals surface area contributed by atoms with Crippen LogP contribution in [0.15, 0.2) is 54.6 Å². The van der Waals surface area contributed by atoms with Crippen LogP contribution in [0, 0.1) is 0 Å². The van der Waals surface area contributed by atoms with Crippen LogP contribution in [0.2, 0.25) is 0 Å². The van der Waals surface area contributed by atoms with E-state index in [2.05, 4.69) is 4.98 Å². The van der Waals surface area contributed by atoms with Gasteiger partial charge in [0.05, 0.1) is 18.2 Å². The fourth-order valence-corrected chi connectivity index (χ4v) is 3.60. The normalized spacial score (nSPS) is 17.1. The van der Waals surface area contributed by atoms with Crippen LogP contribution in [0.5, 0.6) is 0 Å². The molecule has 3 aromatic rings. The monoisotopic (exact) mass is 318 g/mol. The van der Waals surface area contributed by atoms with E-state index in [1.165, 1.54) is 0 Å². The van der Waals surface area contributed by atoms with E-state index < -0.39 is 0 Å². The first-order chi connectivity index (χ1) is 11.7. The van der Waals surface area contributed by atoms with Gasteiger partial charge in [-0.2, -0.15) is 0 Å². The van der Waals surface area contributed by atoms with Crippen LogP contribution >= 0.6 is 0 Å². The van der Waals surface area contributed by atoms with Crippen LogP contribution in [0.3, 0.4) is 0 Å². The largest absolute Gasteiger partial charge is 0.356 e. The number of aromatic amines is 1. The van der Waals surface area contributed by atoms with Gasteiger partial charge in [-0.25, -0.2) is 0 Å². The van der Waals surface area contributed by atoms with Gasteiger partial charge < -0.3 is 9.88 Å². The molecule has 120 valence electrons. The molecule has 0 spiro atoms. The van der Waals surface area contributed by atoms with Crippen molar-refractivity contribution in [2.24, 2.45) is 0 Å². The van der Waals surface area contributed by atoms with Gasteiger partial charge in [-0.05, 0) is 24.6 Å². The Bertz CT molecular complexity index is 927. The number of fused-ring (bicyclic) bond motifs is 3. The highest BCUT2D eigenvalue weighted by Gasteiger charge is 2.36. The molecule has 0 bridgehead atoms. The highest BCUT2D eigenvalue weighted by Crippen LogP contribution is 2.36. The minimum absolute atomic E-state index is 0.00330. The molecule has 0 fully saturated rings. The van der Waals surface area contributed by atoms with Crippen LogP contribution < -0.4 is 0 Å². The number of para-hydroxylation sites is 1. The van der Waals surface area contributed by atoms with Crippen molar-refractivity contribution in [3.8, 4) is 0 Å². The smallest absolute Gasteiger partial charge is 0.254 e. The van der Waals surface area contributed by atoms with Crippen molar-refractivity contribution in [2.45, 2.75) is 19.4 Å². The number of Topliss-reactive ketones (excluding diaryl/α,β-unsaturated/α-hetero) is 1. The van der Waals surface area contributed by atoms with E-state index in [0.29, 0.717) is 5.56 Å². The Kier molecular flexibility index (Phi) is 3.45. The van der Waals surface area contributed by atoms with E-state index in [9.17, 15) is 9.59 Å². The predicted molar refractivity (Wildman–Crippen MR) is 93.1 cm³/mol. The number of nitrogens with one attached hydrogen (secondary N) is 1. The van der Waals surface area contributed by atoms with Crippen molar-refractivity contribution >= 4 is 22.6 Å². The molecule has 1 atom stereocenters. The summed E-state index contributed by atoms with van der Waals surface area (Å²) in [5.41, 5.74) is 3.17. The molecule has 1 N–H and O–H groups in total. The lowest BCUT2D eigenvalue weighted by Crippen LogP contribution is -2.42. The number of ketones is 1. The summed E-state index contributed by atoms with van der Waals surface area (Å²) in [5, 5.41) is 0.947. The topological polar surface area (TPSA) is 53.2 Å². The Morgan fingerprint density at radius 1 is 1.12 bits per heavy atom. The molecule has 0 radical (unpaired) electrons. The first-order valence-electron chi connectivity index (χ1n) is 8.20. The number of rotatable bonds is 2. The molecule has 0 aliphatic carbocycles. The lowest BCUT2D eigenvalue weighted by molar-refractivity contribution is 0.0600. The number of carbonyl (C=O) groups is 2. The fraction of sp³-hybridized carbons (Fsp3) is 0.200. The van der Waals surface area contributed by atoms with E-state index in [4.69, 9.17) is 0 Å². The van der Waals surface area contributed by atoms with Crippen molar-refractivity contribution in [1.82, 2.24) is 9.88 Å². The Morgan fingerprint density at radius 3 is 2.58 bits per heavy atom. The molecule has 1 amide bonds. The molecular formula is C20H18N2O2. The zero-order chi connectivity index (χ0) is 16.7. The lowest BCUT2D eigenvalue weighted by atomic mass is 9.94. The summed E-state index contributed by atoms with van der Waals surface area (Å²) in [6.45, 7) is 2.17. The van der Waals surface area contributed by atoms with Gasteiger partial charge >= 0.3 is 0 Å². The van der Waals surface area contributed by atoms with Crippen molar-refractivity contribution in [2.75, 3.05) is 6.54 Å². The second kappa shape index (κ2) is 5.64. The van der Waals surface area contributed by atoms with Gasteiger partial charge in [0.15, 0.2) is 5.78 Å². The molecule has 4 rings (SSSR count). The molecule has 1 unspecified atom stereocenters. The Hall–Kier alpha value is -2.88. The summed E-state index contributed by atoms with van der Waals surface area (Å²) in [6, 6.07) is 16.8. The summed E-state index contributed by atoms with van der Waals surface area (Å²) >= 11 is 0. The summed E-state index contributed by atoms with van der Waals surface area (Å²) in [5.74, 6) is -0.100. The molecule has 1 aliphatic rings. The van der Waals surface area contributed by atoms with E-state index in [1.54, 1.807) is 17.0 Å². The number of aromatic nitrogens is 1. The first kappa shape index (κ1) is 14.7. The Labute approximate surface area is 140 Å². The summed E-state index contributed by atoms with van der Waals surface area (Å²) < 4.78 is 0. The van der Waals surface area contributed by atoms with Gasteiger partial charge in [0.2, 0.25) is 0 Å². The van der Waals surface area contributed by atoms with E-state index in [0.717, 1.165) is 28.6 Å². The lowest BCUT2D eigenvalue weighted by Gasteiger charge is -2.34. The molecule has 2 aromatic carbocycles. The van der Waals surface area contributed by atoms with Gasteiger partial charge in [0.25, 0.3) is 5.91 Å². The maximum atomic E-state index is 12.9. The van der Waals surface area contributed by atoms with Gasteiger partial charge in [-0.15, -0.1) is 0 Å². The second-order valence-electron chi connectivity index (χ2n) is 6.11. The van der Waals surface area contributed by atoms with Crippen LogP contribution in [0.4, 0.5) is 0 Å². The highest BCUT2D eigenvalue weighted by molar-refractivity contribution is 6.13. The maximum Gasteiger partial charge on any atom is 0.254 e. The number of amides is 1. The Morgan fingerprint density at radius 2 is 1.83 bits per heavy atom. The van der Waals surface area contributed by atoms with Crippen LogP contribution in [0.25, 0.3) is 10.9 Å². The van der Waals surface area contributed by atoms with Crippen LogP contribution in [0.1, 0.15) is 45.8 Å². The number of hydrogen-bond donors (Lipinski definition) is 1. The molecule has 4 nitrogen and oxygen atoms in total. The summed E-state index contributed by atoms with van der Waals surface area (Å²) in [4.78, 5) is 30.7. The third-order valence-corrected chi connectivity index (χ3v) is 4.71. The van der Waals surface area contributed by atoms with E-state index >= 15 is 0 Å². The highest BCUT2D eigenvalue weighted by atomic mass is 16.2.